The van der Waals surface area contributed by atoms with E-state index >= 15 is 0 Å². The fourth-order valence-electron chi connectivity index (χ4n) is 1.43. The van der Waals surface area contributed by atoms with E-state index in [1.807, 2.05) is 0 Å². The first-order valence-corrected chi connectivity index (χ1v) is 4.73. The van der Waals surface area contributed by atoms with Crippen LogP contribution in [0, 0.1) is 10.1 Å². The molecule has 0 spiro atoms. The van der Waals surface area contributed by atoms with Gasteiger partial charge in [-0.1, -0.05) is 0 Å². The van der Waals surface area contributed by atoms with Crippen LogP contribution in [0.25, 0.3) is 5.69 Å². The summed E-state index contributed by atoms with van der Waals surface area (Å²) in [4.78, 5) is 13.4. The number of alkyl halides is 3. The number of non-ortho nitro benzene ring substituents is 1. The van der Waals surface area contributed by atoms with Crippen LogP contribution in [0.5, 0.6) is 0 Å². The normalized spacial score (nSPS) is 11.5. The molecule has 0 fully saturated rings. The van der Waals surface area contributed by atoms with Crippen molar-refractivity contribution >= 4 is 5.69 Å². The van der Waals surface area contributed by atoms with Gasteiger partial charge in [-0.05, 0) is 6.07 Å². The standard InChI is InChI=1S/C10H6F3N3O2/c11-10(12,13)7-3-8(15-2-1-14-6-15)5-9(4-7)16(17)18/h1-6H. The average molecular weight is 257 g/mol. The lowest BCUT2D eigenvalue weighted by Crippen LogP contribution is -2.07. The fourth-order valence-corrected chi connectivity index (χ4v) is 1.43. The molecule has 0 N–H and O–H groups in total. The van der Waals surface area contributed by atoms with E-state index in [1.54, 1.807) is 0 Å². The quantitative estimate of drug-likeness (QED) is 0.613. The highest BCUT2D eigenvalue weighted by molar-refractivity contribution is 5.47. The van der Waals surface area contributed by atoms with Crippen LogP contribution in [0.3, 0.4) is 0 Å². The van der Waals surface area contributed by atoms with E-state index in [1.165, 1.54) is 23.3 Å². The summed E-state index contributed by atoms with van der Waals surface area (Å²) in [5, 5.41) is 10.6. The lowest BCUT2D eigenvalue weighted by Gasteiger charge is -2.09. The van der Waals surface area contributed by atoms with Crippen LogP contribution in [0.2, 0.25) is 0 Å². The molecule has 8 heteroatoms. The van der Waals surface area contributed by atoms with E-state index in [4.69, 9.17) is 0 Å². The Kier molecular flexibility index (Phi) is 2.77. The Labute approximate surface area is 98.6 Å². The van der Waals surface area contributed by atoms with Crippen molar-refractivity contribution in [2.45, 2.75) is 6.18 Å². The van der Waals surface area contributed by atoms with E-state index in [9.17, 15) is 23.3 Å². The SMILES string of the molecule is O=[N+]([O-])c1cc(-n2ccnc2)cc(C(F)(F)F)c1. The number of imidazole rings is 1. The van der Waals surface area contributed by atoms with E-state index < -0.39 is 22.4 Å². The number of hydrogen-bond acceptors (Lipinski definition) is 3. The van der Waals surface area contributed by atoms with Gasteiger partial charge in [-0.2, -0.15) is 13.2 Å². The monoisotopic (exact) mass is 257 g/mol. The molecule has 2 aromatic rings. The van der Waals surface area contributed by atoms with E-state index in [-0.39, 0.29) is 5.69 Å². The zero-order chi connectivity index (χ0) is 13.3. The van der Waals surface area contributed by atoms with E-state index in [0.717, 1.165) is 12.1 Å². The van der Waals surface area contributed by atoms with Crippen molar-refractivity contribution in [3.05, 3.63) is 52.6 Å². The van der Waals surface area contributed by atoms with Gasteiger partial charge >= 0.3 is 6.18 Å². The first-order valence-electron chi connectivity index (χ1n) is 4.73. The zero-order valence-corrected chi connectivity index (χ0v) is 8.76. The van der Waals surface area contributed by atoms with Gasteiger partial charge in [0.2, 0.25) is 0 Å². The number of nitrogens with zero attached hydrogens (tertiary/aromatic N) is 3. The summed E-state index contributed by atoms with van der Waals surface area (Å²) in [6, 6.07) is 2.38. The Morgan fingerprint density at radius 3 is 2.50 bits per heavy atom. The minimum atomic E-state index is -4.64. The lowest BCUT2D eigenvalue weighted by atomic mass is 10.1. The summed E-state index contributed by atoms with van der Waals surface area (Å²) in [6.45, 7) is 0. The minimum absolute atomic E-state index is 0.0361. The first kappa shape index (κ1) is 12.1. The third-order valence-corrected chi connectivity index (χ3v) is 2.24. The predicted molar refractivity (Wildman–Crippen MR) is 55.2 cm³/mol. The van der Waals surface area contributed by atoms with Gasteiger partial charge in [-0.25, -0.2) is 4.98 Å². The third-order valence-electron chi connectivity index (χ3n) is 2.24. The minimum Gasteiger partial charge on any atom is -0.306 e. The number of nitro groups is 1. The van der Waals surface area contributed by atoms with E-state index in [0.29, 0.717) is 6.07 Å². The molecule has 0 atom stereocenters. The molecule has 0 aliphatic heterocycles. The summed E-state index contributed by atoms with van der Waals surface area (Å²) in [6.07, 6.45) is -0.605. The Bertz CT molecular complexity index is 579. The second kappa shape index (κ2) is 4.13. The molecule has 0 bridgehead atoms. The van der Waals surface area contributed by atoms with Crippen LogP contribution in [-0.2, 0) is 6.18 Å². The molecule has 18 heavy (non-hydrogen) atoms. The maximum atomic E-state index is 12.6. The first-order chi connectivity index (χ1) is 8.38. The van der Waals surface area contributed by atoms with Crippen molar-refractivity contribution < 1.29 is 18.1 Å². The van der Waals surface area contributed by atoms with Crippen LogP contribution in [0.4, 0.5) is 18.9 Å². The van der Waals surface area contributed by atoms with Crippen LogP contribution in [-0.4, -0.2) is 14.5 Å². The Hall–Kier alpha value is -2.38. The summed E-state index contributed by atoms with van der Waals surface area (Å²) in [5.41, 5.74) is -1.65. The molecule has 1 aromatic heterocycles. The van der Waals surface area contributed by atoms with Crippen LogP contribution in [0.15, 0.2) is 36.9 Å². The lowest BCUT2D eigenvalue weighted by molar-refractivity contribution is -0.385. The molecular weight excluding hydrogens is 251 g/mol. The number of nitro benzene ring substituents is 1. The van der Waals surface area contributed by atoms with Gasteiger partial charge in [0.15, 0.2) is 0 Å². The second-order valence-corrected chi connectivity index (χ2v) is 3.46. The number of hydrogen-bond donors (Lipinski definition) is 0. The van der Waals surface area contributed by atoms with Crippen molar-refractivity contribution in [2.24, 2.45) is 0 Å². The molecule has 2 rings (SSSR count). The number of benzene rings is 1. The van der Waals surface area contributed by atoms with Crippen LogP contribution in [0.1, 0.15) is 5.56 Å². The molecule has 0 saturated carbocycles. The maximum Gasteiger partial charge on any atom is 0.416 e. The largest absolute Gasteiger partial charge is 0.416 e. The average Bonchev–Trinajstić information content (AvgIpc) is 2.80. The highest BCUT2D eigenvalue weighted by atomic mass is 19.4. The molecule has 1 heterocycles. The smallest absolute Gasteiger partial charge is 0.306 e. The number of aromatic nitrogens is 2. The van der Waals surface area contributed by atoms with Gasteiger partial charge in [0, 0.05) is 24.5 Å². The second-order valence-electron chi connectivity index (χ2n) is 3.46. The molecular formula is C10H6F3N3O2. The molecule has 0 unspecified atom stereocenters. The predicted octanol–water partition coefficient (Wildman–Crippen LogP) is 2.80. The summed E-state index contributed by atoms with van der Waals surface area (Å²) >= 11 is 0. The van der Waals surface area contributed by atoms with Gasteiger partial charge in [-0.3, -0.25) is 10.1 Å². The summed E-state index contributed by atoms with van der Waals surface area (Å²) < 4.78 is 39.1. The van der Waals surface area contributed by atoms with Gasteiger partial charge < -0.3 is 4.57 Å². The fraction of sp³-hybridized carbons (Fsp3) is 0.100. The molecule has 0 aliphatic rings. The van der Waals surface area contributed by atoms with Gasteiger partial charge in [0.1, 0.15) is 0 Å². The Morgan fingerprint density at radius 2 is 2.00 bits per heavy atom. The maximum absolute atomic E-state index is 12.6. The zero-order valence-electron chi connectivity index (χ0n) is 8.76. The Morgan fingerprint density at radius 1 is 1.28 bits per heavy atom. The van der Waals surface area contributed by atoms with E-state index in [2.05, 4.69) is 4.98 Å². The number of rotatable bonds is 2. The molecule has 0 radical (unpaired) electrons. The Balaban J connectivity index is 2.61. The van der Waals surface area contributed by atoms with Crippen LogP contribution < -0.4 is 0 Å². The third kappa shape index (κ3) is 2.31. The molecule has 5 nitrogen and oxygen atoms in total. The molecule has 1 aromatic carbocycles. The van der Waals surface area contributed by atoms with Crippen molar-refractivity contribution in [2.75, 3.05) is 0 Å². The molecule has 0 amide bonds. The molecule has 0 saturated heterocycles. The van der Waals surface area contributed by atoms with Crippen molar-refractivity contribution in [3.63, 3.8) is 0 Å². The van der Waals surface area contributed by atoms with Crippen LogP contribution >= 0.6 is 0 Å². The summed E-state index contributed by atoms with van der Waals surface area (Å²) in [5.74, 6) is 0. The topological polar surface area (TPSA) is 61.0 Å². The number of halogens is 3. The molecule has 94 valence electrons. The summed E-state index contributed by atoms with van der Waals surface area (Å²) in [7, 11) is 0. The highest BCUT2D eigenvalue weighted by Crippen LogP contribution is 2.33. The van der Waals surface area contributed by atoms with Gasteiger partial charge in [0.25, 0.3) is 5.69 Å². The van der Waals surface area contributed by atoms with Gasteiger partial charge in [0.05, 0.1) is 22.5 Å². The highest BCUT2D eigenvalue weighted by Gasteiger charge is 2.32. The van der Waals surface area contributed by atoms with Crippen molar-refractivity contribution in [1.82, 2.24) is 9.55 Å². The van der Waals surface area contributed by atoms with Crippen molar-refractivity contribution in [3.8, 4) is 5.69 Å². The van der Waals surface area contributed by atoms with Crippen molar-refractivity contribution in [1.29, 1.82) is 0 Å². The molecule has 0 aliphatic carbocycles. The van der Waals surface area contributed by atoms with Gasteiger partial charge in [-0.15, -0.1) is 0 Å².